The molecule has 16 heavy (non-hydrogen) atoms. The zero-order chi connectivity index (χ0) is 11.5. The average Bonchev–Trinajstić information content (AvgIpc) is 2.33. The lowest BCUT2D eigenvalue weighted by atomic mass is 9.85. The van der Waals surface area contributed by atoms with Crippen molar-refractivity contribution in [3.63, 3.8) is 0 Å². The van der Waals surface area contributed by atoms with E-state index in [2.05, 4.69) is 29.9 Å². The number of hydrogen-bond donors (Lipinski definition) is 3. The first-order valence-electron chi connectivity index (χ1n) is 5.47. The van der Waals surface area contributed by atoms with E-state index < -0.39 is 6.23 Å². The highest BCUT2D eigenvalue weighted by Crippen LogP contribution is 2.26. The van der Waals surface area contributed by atoms with Crippen LogP contribution in [-0.4, -0.2) is 17.1 Å². The van der Waals surface area contributed by atoms with E-state index in [0.29, 0.717) is 5.92 Å². The predicted molar refractivity (Wildman–Crippen MR) is 60.9 cm³/mol. The Bertz CT molecular complexity index is 371. The molecular weight excluding hydrogens is 204 g/mol. The minimum absolute atomic E-state index is 0.227. The molecule has 4 nitrogen and oxygen atoms in total. The zero-order valence-electron chi connectivity index (χ0n) is 9.18. The maximum absolute atomic E-state index is 11.3. The molecule has 86 valence electrons. The molecule has 0 fully saturated rings. The molecule has 1 heterocycles. The first kappa shape index (κ1) is 11.1. The van der Waals surface area contributed by atoms with Gasteiger partial charge in [0.15, 0.2) is 6.23 Å². The Labute approximate surface area is 94.7 Å². The molecule has 0 aromatic heterocycles. The number of aliphatic hydroxyl groups excluding tert-OH is 1. The second-order valence-corrected chi connectivity index (χ2v) is 4.18. The highest BCUT2D eigenvalue weighted by atomic mass is 16.3. The Morgan fingerprint density at radius 2 is 2.31 bits per heavy atom. The fourth-order valence-corrected chi connectivity index (χ4v) is 1.94. The topological polar surface area (TPSA) is 61.4 Å². The summed E-state index contributed by atoms with van der Waals surface area (Å²) >= 11 is 0. The second kappa shape index (κ2) is 4.63. The first-order chi connectivity index (χ1) is 7.68. The fourth-order valence-electron chi connectivity index (χ4n) is 1.94. The van der Waals surface area contributed by atoms with Gasteiger partial charge < -0.3 is 10.5 Å². The van der Waals surface area contributed by atoms with Gasteiger partial charge in [0.2, 0.25) is 5.78 Å². The molecule has 0 aromatic carbocycles. The van der Waals surface area contributed by atoms with Crippen molar-refractivity contribution in [3.8, 4) is 0 Å². The molecule has 4 heteroatoms. The van der Waals surface area contributed by atoms with Gasteiger partial charge in [-0.15, -0.1) is 0 Å². The van der Waals surface area contributed by atoms with E-state index in [9.17, 15) is 9.90 Å². The summed E-state index contributed by atoms with van der Waals surface area (Å²) in [6, 6.07) is 0. The molecule has 0 amide bonds. The Hall–Kier alpha value is -1.39. The van der Waals surface area contributed by atoms with Crippen LogP contribution in [0.5, 0.6) is 0 Å². The Morgan fingerprint density at radius 3 is 2.94 bits per heavy atom. The van der Waals surface area contributed by atoms with Crippen LogP contribution in [0.4, 0.5) is 0 Å². The number of allylic oxidation sites excluding steroid dienone is 5. The normalized spacial score (nSPS) is 30.9. The third-order valence-electron chi connectivity index (χ3n) is 3.07. The summed E-state index contributed by atoms with van der Waals surface area (Å²) in [6.07, 6.45) is 9.65. The highest BCUT2D eigenvalue weighted by molar-refractivity contribution is 5.94. The van der Waals surface area contributed by atoms with Gasteiger partial charge in [0, 0.05) is 17.7 Å². The summed E-state index contributed by atoms with van der Waals surface area (Å²) in [7, 11) is 0. The SMILES string of the molecule is CC(C1=CC(=O)C(O)NN1)[C@H]1C=CC=CC1. The summed E-state index contributed by atoms with van der Waals surface area (Å²) < 4.78 is 0. The van der Waals surface area contributed by atoms with E-state index in [-0.39, 0.29) is 11.7 Å². The van der Waals surface area contributed by atoms with Gasteiger partial charge in [-0.1, -0.05) is 31.2 Å². The van der Waals surface area contributed by atoms with Crippen molar-refractivity contribution in [1.29, 1.82) is 0 Å². The monoisotopic (exact) mass is 220 g/mol. The van der Waals surface area contributed by atoms with E-state index in [0.717, 1.165) is 12.1 Å². The van der Waals surface area contributed by atoms with Crippen molar-refractivity contribution in [1.82, 2.24) is 10.9 Å². The fraction of sp³-hybridized carbons (Fsp3) is 0.417. The Morgan fingerprint density at radius 1 is 1.50 bits per heavy atom. The summed E-state index contributed by atoms with van der Waals surface area (Å²) in [5.74, 6) is 0.328. The zero-order valence-corrected chi connectivity index (χ0v) is 9.18. The number of hydrogen-bond acceptors (Lipinski definition) is 4. The van der Waals surface area contributed by atoms with Gasteiger partial charge in [0.1, 0.15) is 0 Å². The molecule has 0 saturated carbocycles. The predicted octanol–water partition coefficient (Wildman–Crippen LogP) is 0.634. The van der Waals surface area contributed by atoms with E-state index in [4.69, 9.17) is 0 Å². The molecule has 1 aliphatic heterocycles. The molecule has 2 aliphatic rings. The summed E-state index contributed by atoms with van der Waals surface area (Å²) in [5, 5.41) is 9.19. The number of aliphatic hydroxyl groups is 1. The standard InChI is InChI=1S/C12H16N2O2/c1-8(9-5-3-2-4-6-9)10-7-11(15)12(16)14-13-10/h2-5,7-9,12-14,16H,6H2,1H3/t8?,9-,12?/m0/s1. The van der Waals surface area contributed by atoms with E-state index in [1.807, 2.05) is 12.2 Å². The number of hydrazine groups is 1. The quantitative estimate of drug-likeness (QED) is 0.639. The van der Waals surface area contributed by atoms with Crippen LogP contribution < -0.4 is 10.9 Å². The van der Waals surface area contributed by atoms with Crippen LogP contribution in [0.2, 0.25) is 0 Å². The molecular formula is C12H16N2O2. The third kappa shape index (κ3) is 2.23. The van der Waals surface area contributed by atoms with Crippen LogP contribution >= 0.6 is 0 Å². The third-order valence-corrected chi connectivity index (χ3v) is 3.07. The number of rotatable bonds is 2. The first-order valence-corrected chi connectivity index (χ1v) is 5.47. The van der Waals surface area contributed by atoms with Crippen molar-refractivity contribution in [2.45, 2.75) is 19.6 Å². The van der Waals surface area contributed by atoms with E-state index in [1.54, 1.807) is 0 Å². The van der Waals surface area contributed by atoms with Gasteiger partial charge in [0.25, 0.3) is 0 Å². The van der Waals surface area contributed by atoms with Crippen LogP contribution in [0, 0.1) is 11.8 Å². The van der Waals surface area contributed by atoms with Crippen LogP contribution in [0.1, 0.15) is 13.3 Å². The largest absolute Gasteiger partial charge is 0.370 e. The van der Waals surface area contributed by atoms with Gasteiger partial charge in [0.05, 0.1) is 0 Å². The second-order valence-electron chi connectivity index (χ2n) is 4.18. The molecule has 2 rings (SSSR count). The van der Waals surface area contributed by atoms with Crippen molar-refractivity contribution >= 4 is 5.78 Å². The van der Waals surface area contributed by atoms with Gasteiger partial charge in [-0.25, -0.2) is 5.43 Å². The molecule has 0 radical (unpaired) electrons. The lowest BCUT2D eigenvalue weighted by Crippen LogP contribution is -2.50. The molecule has 0 bridgehead atoms. The number of nitrogens with one attached hydrogen (secondary N) is 2. The average molecular weight is 220 g/mol. The van der Waals surface area contributed by atoms with Crippen LogP contribution in [-0.2, 0) is 4.79 Å². The van der Waals surface area contributed by atoms with E-state index in [1.165, 1.54) is 6.08 Å². The van der Waals surface area contributed by atoms with E-state index >= 15 is 0 Å². The summed E-state index contributed by atoms with van der Waals surface area (Å²) in [5.41, 5.74) is 6.26. The number of carbonyl (C=O) groups is 1. The van der Waals surface area contributed by atoms with Crippen molar-refractivity contribution in [3.05, 3.63) is 36.1 Å². The lowest BCUT2D eigenvalue weighted by molar-refractivity contribution is -0.125. The number of carbonyl (C=O) groups excluding carboxylic acids is 1. The molecule has 0 spiro atoms. The van der Waals surface area contributed by atoms with Gasteiger partial charge in [-0.3, -0.25) is 4.79 Å². The molecule has 0 saturated heterocycles. The molecule has 3 N–H and O–H groups in total. The Balaban J connectivity index is 2.07. The van der Waals surface area contributed by atoms with Gasteiger partial charge in [-0.05, 0) is 12.3 Å². The van der Waals surface area contributed by atoms with Crippen LogP contribution in [0.25, 0.3) is 0 Å². The summed E-state index contributed by atoms with van der Waals surface area (Å²) in [4.78, 5) is 11.3. The summed E-state index contributed by atoms with van der Waals surface area (Å²) in [6.45, 7) is 2.07. The van der Waals surface area contributed by atoms with Crippen molar-refractivity contribution < 1.29 is 9.90 Å². The van der Waals surface area contributed by atoms with Gasteiger partial charge in [-0.2, -0.15) is 0 Å². The Kier molecular flexibility index (Phi) is 3.22. The highest BCUT2D eigenvalue weighted by Gasteiger charge is 2.25. The molecule has 0 aromatic rings. The van der Waals surface area contributed by atoms with Crippen LogP contribution in [0.3, 0.4) is 0 Å². The maximum Gasteiger partial charge on any atom is 0.202 e. The van der Waals surface area contributed by atoms with Crippen molar-refractivity contribution in [2.75, 3.05) is 0 Å². The number of ketones is 1. The molecule has 2 unspecified atom stereocenters. The smallest absolute Gasteiger partial charge is 0.202 e. The molecule has 1 aliphatic carbocycles. The minimum atomic E-state index is -1.13. The van der Waals surface area contributed by atoms with Crippen LogP contribution in [0.15, 0.2) is 36.1 Å². The molecule has 3 atom stereocenters. The van der Waals surface area contributed by atoms with Crippen molar-refractivity contribution in [2.24, 2.45) is 11.8 Å². The lowest BCUT2D eigenvalue weighted by Gasteiger charge is -2.28. The minimum Gasteiger partial charge on any atom is -0.370 e. The maximum atomic E-state index is 11.3. The van der Waals surface area contributed by atoms with Gasteiger partial charge >= 0.3 is 0 Å².